The van der Waals surface area contributed by atoms with E-state index < -0.39 is 5.97 Å². The van der Waals surface area contributed by atoms with E-state index in [1.165, 1.54) is 6.07 Å². The minimum atomic E-state index is -1.08. The summed E-state index contributed by atoms with van der Waals surface area (Å²) in [5, 5.41) is 19.4. The molecule has 2 rings (SSSR count). The number of aromatic carboxylic acids is 1. The molecule has 0 bridgehead atoms. The summed E-state index contributed by atoms with van der Waals surface area (Å²) < 4.78 is 5.50. The fourth-order valence-corrected chi connectivity index (χ4v) is 1.80. The van der Waals surface area contributed by atoms with Crippen molar-refractivity contribution in [1.29, 1.82) is 0 Å². The van der Waals surface area contributed by atoms with Crippen LogP contribution in [0.5, 0.6) is 0 Å². The van der Waals surface area contributed by atoms with Gasteiger partial charge in [0.2, 0.25) is 0 Å². The molecule has 1 fully saturated rings. The van der Waals surface area contributed by atoms with Crippen molar-refractivity contribution >= 4 is 11.8 Å². The Morgan fingerprint density at radius 1 is 1.59 bits per heavy atom. The first-order valence-corrected chi connectivity index (χ1v) is 5.48. The van der Waals surface area contributed by atoms with E-state index in [0.717, 1.165) is 6.42 Å². The highest BCUT2D eigenvalue weighted by Gasteiger charge is 2.37. The highest BCUT2D eigenvalue weighted by molar-refractivity contribution is 5.85. The fourth-order valence-electron chi connectivity index (χ4n) is 1.80. The van der Waals surface area contributed by atoms with Crippen LogP contribution in [0.1, 0.15) is 30.8 Å². The van der Waals surface area contributed by atoms with Gasteiger partial charge in [-0.2, -0.15) is 0 Å². The lowest BCUT2D eigenvalue weighted by Gasteiger charge is -2.29. The number of ether oxygens (including phenoxy) is 1. The Bertz CT molecular complexity index is 420. The largest absolute Gasteiger partial charge is 0.476 e. The van der Waals surface area contributed by atoms with Crippen LogP contribution in [0.4, 0.5) is 5.82 Å². The van der Waals surface area contributed by atoms with Crippen molar-refractivity contribution in [2.75, 3.05) is 11.9 Å². The second-order valence-corrected chi connectivity index (χ2v) is 4.41. The molecule has 2 atom stereocenters. The van der Waals surface area contributed by atoms with E-state index in [1.807, 2.05) is 6.92 Å². The maximum atomic E-state index is 10.6. The Morgan fingerprint density at radius 3 is 2.82 bits per heavy atom. The zero-order valence-corrected chi connectivity index (χ0v) is 9.80. The lowest BCUT2D eigenvalue weighted by Crippen LogP contribution is -2.41. The maximum absolute atomic E-state index is 10.6. The third-order valence-electron chi connectivity index (χ3n) is 3.18. The fraction of sp³-hybridized carbons (Fsp3) is 0.545. The zero-order valence-electron chi connectivity index (χ0n) is 9.80. The lowest BCUT2D eigenvalue weighted by atomic mass is 9.95. The van der Waals surface area contributed by atoms with Crippen molar-refractivity contribution in [2.24, 2.45) is 0 Å². The van der Waals surface area contributed by atoms with Gasteiger partial charge in [0.25, 0.3) is 0 Å². The van der Waals surface area contributed by atoms with Gasteiger partial charge in [-0.05, 0) is 32.4 Å². The maximum Gasteiger partial charge on any atom is 0.356 e. The molecule has 17 heavy (non-hydrogen) atoms. The summed E-state index contributed by atoms with van der Waals surface area (Å²) in [6.07, 6.45) is 0.972. The molecular weight excluding hydrogens is 222 g/mol. The monoisotopic (exact) mass is 237 g/mol. The summed E-state index contributed by atoms with van der Waals surface area (Å²) in [4.78, 5) is 10.6. The second-order valence-electron chi connectivity index (χ2n) is 4.41. The van der Waals surface area contributed by atoms with E-state index in [2.05, 4.69) is 22.4 Å². The normalized spacial score (nSPS) is 28.0. The van der Waals surface area contributed by atoms with Gasteiger partial charge in [0.1, 0.15) is 5.82 Å². The van der Waals surface area contributed by atoms with Crippen LogP contribution in [0.15, 0.2) is 12.1 Å². The Hall–Kier alpha value is -1.69. The van der Waals surface area contributed by atoms with Crippen LogP contribution in [0, 0.1) is 0 Å². The van der Waals surface area contributed by atoms with Crippen molar-refractivity contribution in [3.8, 4) is 0 Å². The molecular formula is C11H15N3O3. The van der Waals surface area contributed by atoms with E-state index in [0.29, 0.717) is 12.4 Å². The van der Waals surface area contributed by atoms with Gasteiger partial charge >= 0.3 is 5.97 Å². The molecule has 1 aliphatic rings. The van der Waals surface area contributed by atoms with E-state index in [4.69, 9.17) is 9.84 Å². The number of nitrogens with zero attached hydrogens (tertiary/aromatic N) is 2. The number of nitrogens with one attached hydrogen (secondary N) is 1. The second kappa shape index (κ2) is 4.29. The van der Waals surface area contributed by atoms with Crippen LogP contribution in [0.25, 0.3) is 0 Å². The molecule has 6 heteroatoms. The van der Waals surface area contributed by atoms with Crippen LogP contribution in [0.3, 0.4) is 0 Å². The molecule has 6 nitrogen and oxygen atoms in total. The number of carboxylic acid groups (broad SMARTS) is 1. The summed E-state index contributed by atoms with van der Waals surface area (Å²) in [7, 11) is 0. The van der Waals surface area contributed by atoms with E-state index in [9.17, 15) is 4.79 Å². The molecule has 1 aromatic rings. The number of hydrogen-bond acceptors (Lipinski definition) is 5. The number of hydrogen-bond donors (Lipinski definition) is 2. The van der Waals surface area contributed by atoms with Gasteiger partial charge in [0, 0.05) is 6.61 Å². The summed E-state index contributed by atoms with van der Waals surface area (Å²) in [5.41, 5.74) is -0.240. The van der Waals surface area contributed by atoms with Crippen molar-refractivity contribution in [1.82, 2.24) is 10.2 Å². The molecule has 1 saturated heterocycles. The summed E-state index contributed by atoms with van der Waals surface area (Å²) in [5.74, 6) is -0.511. The van der Waals surface area contributed by atoms with Crippen molar-refractivity contribution in [3.05, 3.63) is 17.8 Å². The highest BCUT2D eigenvalue weighted by atomic mass is 16.5. The predicted octanol–water partition coefficient (Wildman–Crippen LogP) is 1.15. The van der Waals surface area contributed by atoms with E-state index >= 15 is 0 Å². The molecule has 1 aromatic heterocycles. The van der Waals surface area contributed by atoms with E-state index in [-0.39, 0.29) is 17.3 Å². The number of carbonyl (C=O) groups is 1. The SMILES string of the molecule is CC1OCCC1(C)Nc1ccc(C(=O)O)nn1. The van der Waals surface area contributed by atoms with Crippen LogP contribution in [-0.2, 0) is 4.74 Å². The summed E-state index contributed by atoms with van der Waals surface area (Å²) >= 11 is 0. The first kappa shape index (κ1) is 11.8. The Kier molecular flexibility index (Phi) is 2.97. The predicted molar refractivity (Wildman–Crippen MR) is 61.1 cm³/mol. The Labute approximate surface area is 99.0 Å². The Morgan fingerprint density at radius 2 is 2.35 bits per heavy atom. The third-order valence-corrected chi connectivity index (χ3v) is 3.18. The Balaban J connectivity index is 2.11. The molecule has 2 heterocycles. The van der Waals surface area contributed by atoms with Gasteiger partial charge in [-0.3, -0.25) is 0 Å². The number of aromatic nitrogens is 2. The summed E-state index contributed by atoms with van der Waals surface area (Å²) in [6.45, 7) is 4.77. The first-order valence-electron chi connectivity index (χ1n) is 5.48. The zero-order chi connectivity index (χ0) is 12.5. The highest BCUT2D eigenvalue weighted by Crippen LogP contribution is 2.28. The van der Waals surface area contributed by atoms with Crippen LogP contribution < -0.4 is 5.32 Å². The standard InChI is InChI=1S/C11H15N3O3/c1-7-11(2,5-6-17-7)12-9-4-3-8(10(15)16)13-14-9/h3-4,7H,5-6H2,1-2H3,(H,12,14)(H,15,16). The van der Waals surface area contributed by atoms with E-state index in [1.54, 1.807) is 6.07 Å². The summed E-state index contributed by atoms with van der Waals surface area (Å²) in [6, 6.07) is 3.05. The van der Waals surface area contributed by atoms with Gasteiger partial charge in [0.15, 0.2) is 5.69 Å². The minimum absolute atomic E-state index is 0.0589. The average molecular weight is 237 g/mol. The molecule has 92 valence electrons. The van der Waals surface area contributed by atoms with Gasteiger partial charge in [-0.1, -0.05) is 0 Å². The van der Waals surface area contributed by atoms with Gasteiger partial charge < -0.3 is 15.2 Å². The molecule has 2 unspecified atom stereocenters. The third kappa shape index (κ3) is 2.36. The molecule has 0 spiro atoms. The van der Waals surface area contributed by atoms with Crippen LogP contribution in [-0.4, -0.2) is 39.5 Å². The molecule has 0 aromatic carbocycles. The molecule has 1 aliphatic heterocycles. The molecule has 0 saturated carbocycles. The minimum Gasteiger partial charge on any atom is -0.476 e. The number of rotatable bonds is 3. The quantitative estimate of drug-likeness (QED) is 0.820. The van der Waals surface area contributed by atoms with Crippen molar-refractivity contribution < 1.29 is 14.6 Å². The number of anilines is 1. The van der Waals surface area contributed by atoms with Gasteiger partial charge in [0.05, 0.1) is 11.6 Å². The van der Waals surface area contributed by atoms with Crippen LogP contribution >= 0.6 is 0 Å². The lowest BCUT2D eigenvalue weighted by molar-refractivity contribution is 0.0689. The van der Waals surface area contributed by atoms with Crippen molar-refractivity contribution in [2.45, 2.75) is 31.9 Å². The smallest absolute Gasteiger partial charge is 0.356 e. The first-order chi connectivity index (χ1) is 8.01. The van der Waals surface area contributed by atoms with Gasteiger partial charge in [-0.25, -0.2) is 4.79 Å². The van der Waals surface area contributed by atoms with Crippen molar-refractivity contribution in [3.63, 3.8) is 0 Å². The topological polar surface area (TPSA) is 84.3 Å². The van der Waals surface area contributed by atoms with Gasteiger partial charge in [-0.15, -0.1) is 10.2 Å². The molecule has 0 aliphatic carbocycles. The molecule has 0 amide bonds. The average Bonchev–Trinajstić information content (AvgIpc) is 2.60. The van der Waals surface area contributed by atoms with Crippen LogP contribution in [0.2, 0.25) is 0 Å². The number of carboxylic acids is 1. The molecule has 0 radical (unpaired) electrons. The molecule has 2 N–H and O–H groups in total.